The number of aromatic nitrogens is 1. The molecule has 0 radical (unpaired) electrons. The highest BCUT2D eigenvalue weighted by Crippen LogP contribution is 2.31. The Labute approximate surface area is 257 Å². The molecule has 6 rings (SSSR count). The van der Waals surface area contributed by atoms with E-state index in [-0.39, 0.29) is 36.4 Å². The largest absolute Gasteiger partial charge is 0.481 e. The number of halogens is 1. The lowest BCUT2D eigenvalue weighted by molar-refractivity contribution is -0.144. The van der Waals surface area contributed by atoms with E-state index in [2.05, 4.69) is 20.1 Å². The third-order valence-electron chi connectivity index (χ3n) is 9.28. The zero-order valence-electron chi connectivity index (χ0n) is 24.6. The molecular weight excluding hydrogens is 568 g/mol. The highest BCUT2D eigenvalue weighted by Gasteiger charge is 2.38. The first-order valence-electron chi connectivity index (χ1n) is 15.7. The van der Waals surface area contributed by atoms with Gasteiger partial charge in [-0.3, -0.25) is 9.59 Å². The maximum atomic E-state index is 14.0. The summed E-state index contributed by atoms with van der Waals surface area (Å²) in [6.45, 7) is 3.61. The molecule has 1 saturated carbocycles. The van der Waals surface area contributed by atoms with Crippen molar-refractivity contribution in [1.29, 1.82) is 0 Å². The van der Waals surface area contributed by atoms with Gasteiger partial charge >= 0.3 is 5.97 Å². The van der Waals surface area contributed by atoms with E-state index in [1.165, 1.54) is 19.3 Å². The van der Waals surface area contributed by atoms with Gasteiger partial charge in [-0.2, -0.15) is 4.98 Å². The molecule has 0 bridgehead atoms. The molecule has 3 aromatic rings. The molecule has 2 aliphatic heterocycles. The summed E-state index contributed by atoms with van der Waals surface area (Å²) in [5, 5.41) is 13.2. The zero-order chi connectivity index (χ0) is 29.8. The SMILES string of the molecule is O=C(O)C1CCC(OC[C@@H]2CC[C@@H](CN3CCCCC3)N2C(=O)Cc2ccc3nc(Nc4ccc(Cl)cc4)oc3c2)CC1. The number of carbonyl (C=O) groups is 2. The second-order valence-electron chi connectivity index (χ2n) is 12.3. The number of nitrogens with one attached hydrogen (secondary N) is 1. The first-order chi connectivity index (χ1) is 20.9. The lowest BCUT2D eigenvalue weighted by Crippen LogP contribution is -2.49. The normalized spacial score (nSPS) is 24.8. The van der Waals surface area contributed by atoms with Crippen molar-refractivity contribution in [1.82, 2.24) is 14.8 Å². The van der Waals surface area contributed by atoms with Crippen LogP contribution in [-0.2, 0) is 20.7 Å². The van der Waals surface area contributed by atoms with Crippen LogP contribution in [0.2, 0.25) is 5.02 Å². The molecule has 3 heterocycles. The van der Waals surface area contributed by atoms with Crippen LogP contribution in [0.25, 0.3) is 11.1 Å². The van der Waals surface area contributed by atoms with Gasteiger partial charge in [0.05, 0.1) is 31.1 Å². The molecule has 2 N–H and O–H groups in total. The van der Waals surface area contributed by atoms with Crippen molar-refractivity contribution in [2.75, 3.05) is 31.6 Å². The summed E-state index contributed by atoms with van der Waals surface area (Å²) >= 11 is 5.99. The number of anilines is 2. The van der Waals surface area contributed by atoms with Crippen LogP contribution in [0.5, 0.6) is 0 Å². The Morgan fingerprint density at radius 2 is 1.72 bits per heavy atom. The number of hydrogen-bond donors (Lipinski definition) is 2. The molecule has 0 spiro atoms. The topological polar surface area (TPSA) is 108 Å². The predicted octanol–water partition coefficient (Wildman–Crippen LogP) is 6.27. The zero-order valence-corrected chi connectivity index (χ0v) is 25.3. The van der Waals surface area contributed by atoms with Crippen molar-refractivity contribution in [3.05, 3.63) is 53.1 Å². The molecule has 3 aliphatic rings. The molecule has 2 atom stereocenters. The van der Waals surface area contributed by atoms with E-state index in [9.17, 15) is 14.7 Å². The Morgan fingerprint density at radius 1 is 0.977 bits per heavy atom. The second kappa shape index (κ2) is 13.7. The predicted molar refractivity (Wildman–Crippen MR) is 166 cm³/mol. The van der Waals surface area contributed by atoms with E-state index >= 15 is 0 Å². The Hall–Kier alpha value is -3.14. The summed E-state index contributed by atoms with van der Waals surface area (Å²) < 4.78 is 12.3. The number of likely N-dealkylation sites (tertiary alicyclic amines) is 2. The van der Waals surface area contributed by atoms with E-state index in [0.717, 1.165) is 62.1 Å². The van der Waals surface area contributed by atoms with Gasteiger partial charge < -0.3 is 29.4 Å². The number of hydrogen-bond acceptors (Lipinski definition) is 7. The Balaban J connectivity index is 1.12. The van der Waals surface area contributed by atoms with Crippen LogP contribution in [0.15, 0.2) is 46.9 Å². The third-order valence-corrected chi connectivity index (χ3v) is 9.53. The van der Waals surface area contributed by atoms with Gasteiger partial charge in [0.2, 0.25) is 5.91 Å². The van der Waals surface area contributed by atoms with Crippen molar-refractivity contribution >= 4 is 46.3 Å². The number of carbonyl (C=O) groups excluding carboxylic acids is 1. The summed E-state index contributed by atoms with van der Waals surface area (Å²) in [6.07, 6.45) is 8.83. The minimum atomic E-state index is -0.705. The number of fused-ring (bicyclic) bond motifs is 1. The monoisotopic (exact) mass is 608 g/mol. The number of carboxylic acids is 1. The lowest BCUT2D eigenvalue weighted by Gasteiger charge is -2.36. The molecule has 1 aromatic heterocycles. The Kier molecular flexibility index (Phi) is 9.50. The van der Waals surface area contributed by atoms with Gasteiger partial charge in [0.15, 0.2) is 5.58 Å². The number of amides is 1. The number of ether oxygens (including phenoxy) is 1. The Morgan fingerprint density at radius 3 is 2.47 bits per heavy atom. The number of piperidine rings is 1. The third kappa shape index (κ3) is 7.51. The highest BCUT2D eigenvalue weighted by atomic mass is 35.5. The molecule has 1 aliphatic carbocycles. The van der Waals surface area contributed by atoms with Crippen molar-refractivity contribution in [3.8, 4) is 0 Å². The first-order valence-corrected chi connectivity index (χ1v) is 16.1. The number of benzene rings is 2. The Bertz CT molecular complexity index is 1400. The summed E-state index contributed by atoms with van der Waals surface area (Å²) in [7, 11) is 0. The molecule has 1 amide bonds. The molecule has 10 heteroatoms. The molecule has 3 fully saturated rings. The van der Waals surface area contributed by atoms with Gasteiger partial charge in [-0.25, -0.2) is 0 Å². The summed E-state index contributed by atoms with van der Waals surface area (Å²) in [5.41, 5.74) is 3.07. The smallest absolute Gasteiger partial charge is 0.306 e. The number of carboxylic acid groups (broad SMARTS) is 1. The van der Waals surface area contributed by atoms with E-state index in [0.29, 0.717) is 36.1 Å². The fourth-order valence-corrected chi connectivity index (χ4v) is 7.06. The van der Waals surface area contributed by atoms with Crippen LogP contribution < -0.4 is 5.32 Å². The van der Waals surface area contributed by atoms with E-state index < -0.39 is 5.97 Å². The maximum Gasteiger partial charge on any atom is 0.306 e. The highest BCUT2D eigenvalue weighted by molar-refractivity contribution is 6.30. The average molecular weight is 609 g/mol. The van der Waals surface area contributed by atoms with Gasteiger partial charge in [0, 0.05) is 23.3 Å². The van der Waals surface area contributed by atoms with Gasteiger partial charge in [0.1, 0.15) is 5.52 Å². The van der Waals surface area contributed by atoms with Crippen LogP contribution in [-0.4, -0.2) is 76.2 Å². The fourth-order valence-electron chi connectivity index (χ4n) is 6.93. The van der Waals surface area contributed by atoms with Crippen LogP contribution in [0.4, 0.5) is 11.7 Å². The van der Waals surface area contributed by atoms with Crippen molar-refractivity contribution in [2.24, 2.45) is 5.92 Å². The number of aliphatic carboxylic acids is 1. The minimum Gasteiger partial charge on any atom is -0.481 e. The van der Waals surface area contributed by atoms with E-state index in [1.807, 2.05) is 30.3 Å². The number of nitrogens with zero attached hydrogens (tertiary/aromatic N) is 3. The molecule has 9 nitrogen and oxygen atoms in total. The lowest BCUT2D eigenvalue weighted by atomic mass is 9.87. The van der Waals surface area contributed by atoms with Crippen molar-refractivity contribution in [3.63, 3.8) is 0 Å². The quantitative estimate of drug-likeness (QED) is 0.277. The molecule has 0 unspecified atom stereocenters. The molecule has 43 heavy (non-hydrogen) atoms. The fraction of sp³-hybridized carbons (Fsp3) is 0.545. The van der Waals surface area contributed by atoms with Gasteiger partial charge in [-0.15, -0.1) is 0 Å². The van der Waals surface area contributed by atoms with Gasteiger partial charge in [-0.05, 0) is 106 Å². The number of rotatable bonds is 10. The van der Waals surface area contributed by atoms with Gasteiger partial charge in [0.25, 0.3) is 6.01 Å². The van der Waals surface area contributed by atoms with Crippen molar-refractivity contribution < 1.29 is 23.8 Å². The molecule has 230 valence electrons. The second-order valence-corrected chi connectivity index (χ2v) is 12.8. The summed E-state index contributed by atoms with van der Waals surface area (Å²) in [6, 6.07) is 13.7. The van der Waals surface area contributed by atoms with Crippen LogP contribution in [0.3, 0.4) is 0 Å². The van der Waals surface area contributed by atoms with Crippen molar-refractivity contribution in [2.45, 2.75) is 82.4 Å². The van der Waals surface area contributed by atoms with Gasteiger partial charge in [-0.1, -0.05) is 24.1 Å². The van der Waals surface area contributed by atoms with E-state index in [4.69, 9.17) is 20.8 Å². The minimum absolute atomic E-state index is 0.0312. The van der Waals surface area contributed by atoms with Crippen LogP contribution in [0.1, 0.15) is 63.4 Å². The van der Waals surface area contributed by atoms with E-state index in [1.54, 1.807) is 12.1 Å². The standard InChI is InChI=1S/C33H41ClN4O5/c34-24-7-9-25(10-8-24)35-33-36-29-15-4-22(18-30(29)43-33)19-31(39)38-26(20-37-16-2-1-3-17-37)11-12-27(38)21-42-28-13-5-23(6-14-28)32(40)41/h4,7-10,15,18,23,26-28H,1-3,5-6,11-14,16-17,19-21H2,(H,35,36)(H,40,41)/t23?,26-,27-,28?/m0/s1. The maximum absolute atomic E-state index is 14.0. The van der Waals surface area contributed by atoms with Crippen LogP contribution >= 0.6 is 11.6 Å². The summed E-state index contributed by atoms with van der Waals surface area (Å²) in [4.78, 5) is 34.5. The number of oxazole rings is 1. The summed E-state index contributed by atoms with van der Waals surface area (Å²) in [5.74, 6) is -0.852. The molecule has 2 saturated heterocycles. The molecule has 2 aromatic carbocycles. The molecular formula is C33H41ClN4O5. The van der Waals surface area contributed by atoms with Crippen LogP contribution in [0, 0.1) is 5.92 Å². The average Bonchev–Trinajstić information content (AvgIpc) is 3.60. The first kappa shape index (κ1) is 29.9.